The first-order valence-corrected chi connectivity index (χ1v) is 20.9. The van der Waals surface area contributed by atoms with Crippen molar-refractivity contribution in [2.24, 2.45) is 0 Å². The zero-order valence-corrected chi connectivity index (χ0v) is 32.7. The Labute approximate surface area is 325 Å². The number of hydrogen-bond acceptors (Lipinski definition) is 8. The van der Waals surface area contributed by atoms with Crippen molar-refractivity contribution in [3.8, 4) is 0 Å². The van der Waals surface area contributed by atoms with E-state index in [0.717, 1.165) is 36.0 Å². The number of hydrogen-bond donors (Lipinski definition) is 5. The molecule has 8 atom stereocenters. The molecule has 1 fully saturated rings. The lowest BCUT2D eigenvalue weighted by Crippen LogP contribution is -2.60. The lowest BCUT2D eigenvalue weighted by Gasteiger charge is -2.44. The van der Waals surface area contributed by atoms with Gasteiger partial charge in [0, 0.05) is 12.6 Å². The average Bonchev–Trinajstić information content (AvgIpc) is 3.21. The molecule has 0 spiro atoms. The number of aliphatic hydroxyl groups excluding tert-OH is 4. The van der Waals surface area contributed by atoms with Crippen LogP contribution in [-0.2, 0) is 34.0 Å². The van der Waals surface area contributed by atoms with Gasteiger partial charge < -0.3 is 40.0 Å². The van der Waals surface area contributed by atoms with E-state index in [1.807, 2.05) is 91.0 Å². The Balaban J connectivity index is 1.37. The van der Waals surface area contributed by atoms with Gasteiger partial charge in [-0.25, -0.2) is 0 Å². The van der Waals surface area contributed by atoms with Gasteiger partial charge in [0.15, 0.2) is 0 Å². The summed E-state index contributed by atoms with van der Waals surface area (Å²) in [6.45, 7) is 2.99. The van der Waals surface area contributed by atoms with E-state index < -0.39 is 48.8 Å². The zero-order valence-electron chi connectivity index (χ0n) is 32.7. The highest BCUT2D eigenvalue weighted by Gasteiger charge is 2.46. The van der Waals surface area contributed by atoms with Crippen LogP contribution in [0, 0.1) is 0 Å². The third-order valence-electron chi connectivity index (χ3n) is 10.8. The first-order valence-electron chi connectivity index (χ1n) is 20.9. The molecule has 54 heavy (non-hydrogen) atoms. The molecule has 0 aliphatic carbocycles. The molecule has 8 nitrogen and oxygen atoms in total. The van der Waals surface area contributed by atoms with E-state index in [1.165, 1.54) is 57.8 Å². The van der Waals surface area contributed by atoms with Gasteiger partial charge in [0.05, 0.1) is 38.1 Å². The number of nitrogens with one attached hydrogen (secondary N) is 1. The average molecular weight is 748 g/mol. The molecule has 1 saturated heterocycles. The van der Waals surface area contributed by atoms with E-state index >= 15 is 0 Å². The van der Waals surface area contributed by atoms with Crippen LogP contribution in [0.15, 0.2) is 91.0 Å². The third kappa shape index (κ3) is 15.8. The van der Waals surface area contributed by atoms with Crippen molar-refractivity contribution >= 4 is 0 Å². The topological polar surface area (TPSA) is 121 Å². The molecule has 8 heteroatoms. The Kier molecular flexibility index (Phi) is 21.4. The summed E-state index contributed by atoms with van der Waals surface area (Å²) < 4.78 is 19.3. The fourth-order valence-electron chi connectivity index (χ4n) is 7.53. The minimum Gasteiger partial charge on any atom is -0.394 e. The Morgan fingerprint density at radius 3 is 1.61 bits per heavy atom. The van der Waals surface area contributed by atoms with Crippen LogP contribution in [0.25, 0.3) is 0 Å². The standard InChI is InChI=1S/C46H69NO7/c1-2-3-4-5-6-7-8-9-10-11-12-22-29-40(49)43(50)39(47-32-36-23-16-13-17-24-36)30-31-41-45(52-34-37-25-18-14-19-26-37)46(44(51)42(33-48)54-41)53-35-38-27-20-15-21-28-38/h13-21,23-28,39-51H,2-12,22,29-35H2,1H3/t39-,40+,41?,42?,43-,44-,45?,46?/m0/s1. The van der Waals surface area contributed by atoms with Gasteiger partial charge in [-0.1, -0.05) is 175 Å². The van der Waals surface area contributed by atoms with Gasteiger partial charge in [0.1, 0.15) is 24.4 Å². The van der Waals surface area contributed by atoms with Gasteiger partial charge in [-0.3, -0.25) is 0 Å². The Hall–Kier alpha value is -2.66. The fourth-order valence-corrected chi connectivity index (χ4v) is 7.53. The summed E-state index contributed by atoms with van der Waals surface area (Å²) >= 11 is 0. The molecule has 3 aromatic rings. The largest absolute Gasteiger partial charge is 0.394 e. The molecule has 0 radical (unpaired) electrons. The second-order valence-corrected chi connectivity index (χ2v) is 15.2. The van der Waals surface area contributed by atoms with Crippen molar-refractivity contribution < 1.29 is 34.6 Å². The predicted molar refractivity (Wildman–Crippen MR) is 216 cm³/mol. The lowest BCUT2D eigenvalue weighted by atomic mass is 9.89. The monoisotopic (exact) mass is 748 g/mol. The molecular weight excluding hydrogens is 679 g/mol. The van der Waals surface area contributed by atoms with Gasteiger partial charge in [-0.05, 0) is 36.0 Å². The van der Waals surface area contributed by atoms with E-state index in [4.69, 9.17) is 14.2 Å². The van der Waals surface area contributed by atoms with Crippen molar-refractivity contribution in [2.75, 3.05) is 6.61 Å². The molecule has 0 saturated carbocycles. The van der Waals surface area contributed by atoms with Gasteiger partial charge in [0.2, 0.25) is 0 Å². The highest BCUT2D eigenvalue weighted by Crippen LogP contribution is 2.31. The Morgan fingerprint density at radius 1 is 0.611 bits per heavy atom. The second kappa shape index (κ2) is 26.2. The maximum Gasteiger partial charge on any atom is 0.115 e. The third-order valence-corrected chi connectivity index (χ3v) is 10.8. The summed E-state index contributed by atoms with van der Waals surface area (Å²) in [5, 5.41) is 48.0. The van der Waals surface area contributed by atoms with Gasteiger partial charge in [-0.2, -0.15) is 0 Å². The van der Waals surface area contributed by atoms with Crippen LogP contribution in [0.5, 0.6) is 0 Å². The van der Waals surface area contributed by atoms with Crippen LogP contribution in [0.1, 0.15) is 120 Å². The normalized spacial score (nSPS) is 21.8. The highest BCUT2D eigenvalue weighted by molar-refractivity contribution is 5.16. The summed E-state index contributed by atoms with van der Waals surface area (Å²) in [6, 6.07) is 29.2. The van der Waals surface area contributed by atoms with E-state index in [9.17, 15) is 20.4 Å². The summed E-state index contributed by atoms with van der Waals surface area (Å²) in [7, 11) is 0. The molecule has 1 aliphatic rings. The van der Waals surface area contributed by atoms with E-state index in [1.54, 1.807) is 0 Å². The molecule has 300 valence electrons. The van der Waals surface area contributed by atoms with Crippen LogP contribution in [0.3, 0.4) is 0 Å². The molecule has 3 aromatic carbocycles. The van der Waals surface area contributed by atoms with Crippen LogP contribution >= 0.6 is 0 Å². The SMILES string of the molecule is CCCCCCCCCCCCCC[C@@H](O)[C@@H](O)[C@H](CCC1OC(CO)[C@H](O)C(OCc2ccccc2)C1OCc1ccccc1)NCc1ccccc1. The molecule has 4 rings (SSSR count). The molecule has 5 N–H and O–H groups in total. The lowest BCUT2D eigenvalue weighted by molar-refractivity contribution is -0.259. The number of aliphatic hydroxyl groups is 4. The van der Waals surface area contributed by atoms with Crippen molar-refractivity contribution in [3.63, 3.8) is 0 Å². The van der Waals surface area contributed by atoms with Crippen molar-refractivity contribution in [2.45, 2.75) is 172 Å². The number of benzene rings is 3. The zero-order chi connectivity index (χ0) is 38.2. The Morgan fingerprint density at radius 2 is 1.09 bits per heavy atom. The molecular formula is C46H69NO7. The Bertz CT molecular complexity index is 1330. The van der Waals surface area contributed by atoms with Gasteiger partial charge in [0.25, 0.3) is 0 Å². The second-order valence-electron chi connectivity index (χ2n) is 15.2. The highest BCUT2D eigenvalue weighted by atomic mass is 16.6. The summed E-state index contributed by atoms with van der Waals surface area (Å²) in [5.74, 6) is 0. The quantitative estimate of drug-likeness (QED) is 0.0474. The van der Waals surface area contributed by atoms with Gasteiger partial charge in [-0.15, -0.1) is 0 Å². The van der Waals surface area contributed by atoms with Crippen molar-refractivity contribution in [1.82, 2.24) is 5.32 Å². The molecule has 4 unspecified atom stereocenters. The smallest absolute Gasteiger partial charge is 0.115 e. The number of rotatable bonds is 28. The summed E-state index contributed by atoms with van der Waals surface area (Å²) in [4.78, 5) is 0. The summed E-state index contributed by atoms with van der Waals surface area (Å²) in [6.07, 6.45) is 10.6. The molecule has 0 bridgehead atoms. The van der Waals surface area contributed by atoms with Crippen LogP contribution < -0.4 is 5.32 Å². The fraction of sp³-hybridized carbons (Fsp3) is 0.609. The minimum atomic E-state index is -1.11. The maximum absolute atomic E-state index is 11.6. The first-order chi connectivity index (χ1) is 26.5. The summed E-state index contributed by atoms with van der Waals surface area (Å²) in [5.41, 5.74) is 3.03. The van der Waals surface area contributed by atoms with Crippen molar-refractivity contribution in [3.05, 3.63) is 108 Å². The molecule has 0 aromatic heterocycles. The number of unbranched alkanes of at least 4 members (excludes halogenated alkanes) is 11. The predicted octanol–water partition coefficient (Wildman–Crippen LogP) is 8.03. The maximum atomic E-state index is 11.6. The molecule has 0 amide bonds. The van der Waals surface area contributed by atoms with E-state index in [-0.39, 0.29) is 13.2 Å². The van der Waals surface area contributed by atoms with Crippen molar-refractivity contribution in [1.29, 1.82) is 0 Å². The minimum absolute atomic E-state index is 0.268. The van der Waals surface area contributed by atoms with E-state index in [2.05, 4.69) is 12.2 Å². The molecule has 1 aliphatic heterocycles. The van der Waals surface area contributed by atoms with Crippen LogP contribution in [-0.4, -0.2) is 75.8 Å². The van der Waals surface area contributed by atoms with E-state index in [0.29, 0.717) is 32.4 Å². The van der Waals surface area contributed by atoms with Gasteiger partial charge >= 0.3 is 0 Å². The molecule has 1 heterocycles. The number of ether oxygens (including phenoxy) is 3. The van der Waals surface area contributed by atoms with Crippen LogP contribution in [0.2, 0.25) is 0 Å². The van der Waals surface area contributed by atoms with Crippen LogP contribution in [0.4, 0.5) is 0 Å². The first kappa shape index (κ1) is 44.1.